The fourth-order valence-electron chi connectivity index (χ4n) is 2.42. The summed E-state index contributed by atoms with van der Waals surface area (Å²) in [6.07, 6.45) is 0. The van der Waals surface area contributed by atoms with E-state index in [1.165, 1.54) is 21.4 Å². The Morgan fingerprint density at radius 1 is 1.31 bits per heavy atom. The summed E-state index contributed by atoms with van der Waals surface area (Å²) in [5.74, 6) is 0.0546. The second kappa shape index (κ2) is 6.92. The Hall–Kier alpha value is -3.27. The lowest BCUT2D eigenvalue weighted by Crippen LogP contribution is -2.26. The van der Waals surface area contributed by atoms with Crippen LogP contribution in [0.5, 0.6) is 0 Å². The highest BCUT2D eigenvalue weighted by Crippen LogP contribution is 2.20. The van der Waals surface area contributed by atoms with Gasteiger partial charge in [-0.05, 0) is 26.0 Å². The van der Waals surface area contributed by atoms with Crippen molar-refractivity contribution in [3.8, 4) is 5.69 Å². The molecule has 1 aromatic carbocycles. The van der Waals surface area contributed by atoms with E-state index in [2.05, 4.69) is 10.4 Å². The van der Waals surface area contributed by atoms with Crippen molar-refractivity contribution in [2.24, 2.45) is 0 Å². The van der Waals surface area contributed by atoms with Crippen LogP contribution in [-0.4, -0.2) is 25.2 Å². The first-order chi connectivity index (χ1) is 12.3. The minimum Gasteiger partial charge on any atom is -0.309 e. The average Bonchev–Trinajstić information content (AvgIpc) is 3.11. The summed E-state index contributed by atoms with van der Waals surface area (Å²) in [4.78, 5) is 34.1. The van der Waals surface area contributed by atoms with Crippen LogP contribution in [0.4, 0.5) is 11.5 Å². The van der Waals surface area contributed by atoms with Crippen molar-refractivity contribution in [1.29, 1.82) is 0 Å². The standard InChI is InChI=1S/C16H15N5O4S/c1-10-7-14(17-15(22)8-19-11(2)9-26-16(19)23)20(18-10)12-3-5-13(6-4-12)21(24)25/h3-7,9H,8H2,1-2H3,(H,17,22). The highest BCUT2D eigenvalue weighted by molar-refractivity contribution is 7.07. The zero-order chi connectivity index (χ0) is 18.8. The van der Waals surface area contributed by atoms with Crippen molar-refractivity contribution in [2.75, 3.05) is 5.32 Å². The van der Waals surface area contributed by atoms with Gasteiger partial charge in [-0.15, -0.1) is 0 Å². The number of carbonyl (C=O) groups is 1. The number of aromatic nitrogens is 3. The van der Waals surface area contributed by atoms with Gasteiger partial charge in [0.2, 0.25) is 5.91 Å². The Morgan fingerprint density at radius 2 is 2.00 bits per heavy atom. The molecule has 0 unspecified atom stereocenters. The number of hydrogen-bond donors (Lipinski definition) is 1. The molecule has 0 spiro atoms. The molecule has 26 heavy (non-hydrogen) atoms. The van der Waals surface area contributed by atoms with Crippen molar-refractivity contribution in [3.63, 3.8) is 0 Å². The first-order valence-electron chi connectivity index (χ1n) is 7.61. The van der Waals surface area contributed by atoms with Crippen molar-refractivity contribution >= 4 is 28.7 Å². The number of aryl methyl sites for hydroxylation is 2. The summed E-state index contributed by atoms with van der Waals surface area (Å²) < 4.78 is 2.87. The quantitative estimate of drug-likeness (QED) is 0.544. The minimum absolute atomic E-state index is 0.0319. The van der Waals surface area contributed by atoms with Gasteiger partial charge in [0.05, 0.1) is 16.3 Å². The highest BCUT2D eigenvalue weighted by atomic mass is 32.1. The van der Waals surface area contributed by atoms with E-state index in [1.807, 2.05) is 0 Å². The fourth-order valence-corrected chi connectivity index (χ4v) is 3.16. The predicted octanol–water partition coefficient (Wildman–Crippen LogP) is 2.26. The molecule has 10 heteroatoms. The van der Waals surface area contributed by atoms with Crippen molar-refractivity contribution in [1.82, 2.24) is 14.3 Å². The SMILES string of the molecule is Cc1cc(NC(=O)Cn2c(C)csc2=O)n(-c2ccc([N+](=O)[O-])cc2)n1. The van der Waals surface area contributed by atoms with Crippen LogP contribution in [0.1, 0.15) is 11.4 Å². The van der Waals surface area contributed by atoms with Crippen LogP contribution in [0.15, 0.2) is 40.5 Å². The lowest BCUT2D eigenvalue weighted by atomic mass is 10.3. The summed E-state index contributed by atoms with van der Waals surface area (Å²) in [5.41, 5.74) is 1.93. The van der Waals surface area contributed by atoms with Gasteiger partial charge in [0.25, 0.3) is 5.69 Å². The third-order valence-electron chi connectivity index (χ3n) is 3.68. The van der Waals surface area contributed by atoms with Gasteiger partial charge < -0.3 is 5.32 Å². The molecule has 0 aliphatic rings. The second-order valence-corrected chi connectivity index (χ2v) is 6.45. The normalized spacial score (nSPS) is 10.7. The molecule has 3 rings (SSSR count). The zero-order valence-corrected chi connectivity index (χ0v) is 14.8. The van der Waals surface area contributed by atoms with Crippen molar-refractivity contribution in [3.05, 3.63) is 66.9 Å². The maximum absolute atomic E-state index is 12.3. The number of thiazole rings is 1. The molecule has 0 saturated heterocycles. The van der Waals surface area contributed by atoms with Crippen LogP contribution in [0.3, 0.4) is 0 Å². The molecule has 134 valence electrons. The van der Waals surface area contributed by atoms with E-state index in [9.17, 15) is 19.7 Å². The summed E-state index contributed by atoms with van der Waals surface area (Å²) in [5, 5.41) is 19.5. The lowest BCUT2D eigenvalue weighted by Gasteiger charge is -2.09. The third-order valence-corrected chi connectivity index (χ3v) is 4.56. The number of non-ortho nitro benzene ring substituents is 1. The van der Waals surface area contributed by atoms with Crippen LogP contribution in [-0.2, 0) is 11.3 Å². The molecule has 9 nitrogen and oxygen atoms in total. The van der Waals surface area contributed by atoms with E-state index in [4.69, 9.17) is 0 Å². The third kappa shape index (κ3) is 3.54. The largest absolute Gasteiger partial charge is 0.309 e. The first-order valence-corrected chi connectivity index (χ1v) is 8.49. The maximum Gasteiger partial charge on any atom is 0.307 e. The molecule has 0 atom stereocenters. The van der Waals surface area contributed by atoms with E-state index in [0.717, 1.165) is 17.0 Å². The van der Waals surface area contributed by atoms with Gasteiger partial charge in [-0.2, -0.15) is 5.10 Å². The molecular weight excluding hydrogens is 358 g/mol. The van der Waals surface area contributed by atoms with Crippen molar-refractivity contribution in [2.45, 2.75) is 20.4 Å². The molecule has 0 fully saturated rings. The molecule has 0 aliphatic heterocycles. The summed E-state index contributed by atoms with van der Waals surface area (Å²) in [6, 6.07) is 7.52. The van der Waals surface area contributed by atoms with Crippen LogP contribution < -0.4 is 10.2 Å². The van der Waals surface area contributed by atoms with E-state index in [0.29, 0.717) is 17.2 Å². The second-order valence-electron chi connectivity index (χ2n) is 5.63. The fraction of sp³-hybridized carbons (Fsp3) is 0.188. The number of nitro benzene ring substituents is 1. The Bertz CT molecular complexity index is 1030. The number of carbonyl (C=O) groups excluding carboxylic acids is 1. The highest BCUT2D eigenvalue weighted by Gasteiger charge is 2.14. The Labute approximate surface area is 151 Å². The molecule has 0 radical (unpaired) electrons. The molecule has 3 aromatic rings. The van der Waals surface area contributed by atoms with E-state index in [-0.39, 0.29) is 23.0 Å². The van der Waals surface area contributed by atoms with Crippen LogP contribution in [0, 0.1) is 24.0 Å². The van der Waals surface area contributed by atoms with Crippen LogP contribution in [0.25, 0.3) is 5.69 Å². The van der Waals surface area contributed by atoms with Gasteiger partial charge >= 0.3 is 4.87 Å². The molecule has 2 heterocycles. The molecule has 0 aliphatic carbocycles. The number of hydrogen-bond acceptors (Lipinski definition) is 6. The van der Waals surface area contributed by atoms with Gasteiger partial charge in [0.15, 0.2) is 0 Å². The number of amides is 1. The van der Waals surface area contributed by atoms with Crippen molar-refractivity contribution < 1.29 is 9.72 Å². The number of anilines is 1. The maximum atomic E-state index is 12.3. The van der Waals surface area contributed by atoms with Gasteiger partial charge in [0.1, 0.15) is 12.4 Å². The zero-order valence-electron chi connectivity index (χ0n) is 14.0. The summed E-state index contributed by atoms with van der Waals surface area (Å²) >= 11 is 1.04. The Balaban J connectivity index is 1.84. The van der Waals surface area contributed by atoms with Gasteiger partial charge in [-0.3, -0.25) is 24.3 Å². The average molecular weight is 373 g/mol. The molecule has 0 saturated carbocycles. The van der Waals surface area contributed by atoms with Gasteiger partial charge in [-0.25, -0.2) is 4.68 Å². The predicted molar refractivity (Wildman–Crippen MR) is 96.9 cm³/mol. The molecule has 2 aromatic heterocycles. The number of nitro groups is 1. The minimum atomic E-state index is -0.484. The van der Waals surface area contributed by atoms with Gasteiger partial charge in [0, 0.05) is 29.3 Å². The summed E-state index contributed by atoms with van der Waals surface area (Å²) in [6.45, 7) is 3.43. The number of nitrogens with one attached hydrogen (secondary N) is 1. The smallest absolute Gasteiger partial charge is 0.307 e. The molecule has 1 N–H and O–H groups in total. The monoisotopic (exact) mass is 373 g/mol. The van der Waals surface area contributed by atoms with E-state index in [1.54, 1.807) is 37.4 Å². The van der Waals surface area contributed by atoms with Gasteiger partial charge in [-0.1, -0.05) is 11.3 Å². The first kappa shape index (κ1) is 17.5. The number of benzene rings is 1. The van der Waals surface area contributed by atoms with E-state index < -0.39 is 4.92 Å². The van der Waals surface area contributed by atoms with Crippen LogP contribution >= 0.6 is 11.3 Å². The molecule has 1 amide bonds. The Morgan fingerprint density at radius 3 is 2.58 bits per heavy atom. The van der Waals surface area contributed by atoms with E-state index >= 15 is 0 Å². The number of nitrogens with zero attached hydrogens (tertiary/aromatic N) is 4. The number of rotatable bonds is 5. The topological polar surface area (TPSA) is 112 Å². The molecule has 0 bridgehead atoms. The summed E-state index contributed by atoms with van der Waals surface area (Å²) in [7, 11) is 0. The lowest BCUT2D eigenvalue weighted by molar-refractivity contribution is -0.384. The Kier molecular flexibility index (Phi) is 4.67. The molecular formula is C16H15N5O4S. The van der Waals surface area contributed by atoms with Crippen LogP contribution in [0.2, 0.25) is 0 Å².